The van der Waals surface area contributed by atoms with Crippen molar-refractivity contribution in [3.05, 3.63) is 30.3 Å². The first kappa shape index (κ1) is 17.7. The predicted molar refractivity (Wildman–Crippen MR) is 88.5 cm³/mol. The number of hydrogen-bond donors (Lipinski definition) is 1. The van der Waals surface area contributed by atoms with E-state index in [-0.39, 0.29) is 36.4 Å². The fourth-order valence-electron chi connectivity index (χ4n) is 2.49. The van der Waals surface area contributed by atoms with Crippen molar-refractivity contribution in [2.75, 3.05) is 28.6 Å². The molecular formula is C14H20N2O5S2. The highest BCUT2D eigenvalue weighted by atomic mass is 32.2. The zero-order valence-corrected chi connectivity index (χ0v) is 14.4. The number of anilines is 1. The maximum atomic E-state index is 11.9. The second-order valence-corrected chi connectivity index (χ2v) is 9.72. The van der Waals surface area contributed by atoms with E-state index in [0.29, 0.717) is 12.1 Å². The fraction of sp³-hybridized carbons (Fsp3) is 0.500. The number of nitrogens with one attached hydrogen (secondary N) is 1. The Morgan fingerprint density at radius 2 is 1.96 bits per heavy atom. The summed E-state index contributed by atoms with van der Waals surface area (Å²) in [6, 6.07) is 8.15. The number of sulfonamides is 1. The molecule has 1 fully saturated rings. The number of carbonyl (C=O) groups is 1. The normalized spacial score (nSPS) is 20.1. The molecule has 0 saturated carbocycles. The van der Waals surface area contributed by atoms with Crippen LogP contribution in [0.1, 0.15) is 12.8 Å². The molecule has 1 amide bonds. The van der Waals surface area contributed by atoms with E-state index in [4.69, 9.17) is 0 Å². The summed E-state index contributed by atoms with van der Waals surface area (Å²) in [5.41, 5.74) is 0.492. The van der Waals surface area contributed by atoms with E-state index in [0.717, 1.165) is 10.6 Å². The molecule has 0 radical (unpaired) electrons. The summed E-state index contributed by atoms with van der Waals surface area (Å²) in [5, 5.41) is 2.65. The van der Waals surface area contributed by atoms with Crippen LogP contribution in [0.15, 0.2) is 30.3 Å². The number of amides is 1. The van der Waals surface area contributed by atoms with Gasteiger partial charge in [0, 0.05) is 19.0 Å². The molecule has 0 aliphatic carbocycles. The Morgan fingerprint density at radius 3 is 2.48 bits per heavy atom. The van der Waals surface area contributed by atoms with Gasteiger partial charge < -0.3 is 5.32 Å². The lowest BCUT2D eigenvalue weighted by molar-refractivity contribution is -0.121. The van der Waals surface area contributed by atoms with Crippen LogP contribution in [0.4, 0.5) is 5.69 Å². The van der Waals surface area contributed by atoms with Gasteiger partial charge in [-0.15, -0.1) is 0 Å². The maximum Gasteiger partial charge on any atom is 0.232 e. The number of para-hydroxylation sites is 1. The van der Waals surface area contributed by atoms with Gasteiger partial charge in [0.05, 0.1) is 23.4 Å². The molecule has 1 N–H and O–H groups in total. The number of rotatable bonds is 6. The van der Waals surface area contributed by atoms with Crippen LogP contribution in [-0.4, -0.2) is 53.1 Å². The molecule has 23 heavy (non-hydrogen) atoms. The standard InChI is InChI=1S/C14H20N2O5S2/c1-22(18,19)16(13-5-3-2-4-6-13)9-7-14(17)15-12-8-10-23(20,21)11-12/h2-6,12H,7-11H2,1H3,(H,15,17). The summed E-state index contributed by atoms with van der Waals surface area (Å²) in [7, 11) is -6.56. The van der Waals surface area contributed by atoms with Gasteiger partial charge in [-0.1, -0.05) is 18.2 Å². The number of carbonyl (C=O) groups excluding carboxylic acids is 1. The molecule has 9 heteroatoms. The molecule has 128 valence electrons. The average Bonchev–Trinajstić information content (AvgIpc) is 2.77. The SMILES string of the molecule is CS(=O)(=O)N(CCC(=O)NC1CCS(=O)(=O)C1)c1ccccc1. The molecule has 0 spiro atoms. The summed E-state index contributed by atoms with van der Waals surface area (Å²) < 4.78 is 47.7. The highest BCUT2D eigenvalue weighted by Crippen LogP contribution is 2.17. The summed E-state index contributed by atoms with van der Waals surface area (Å²) in [5.74, 6) is -0.318. The highest BCUT2D eigenvalue weighted by Gasteiger charge is 2.29. The summed E-state index contributed by atoms with van der Waals surface area (Å²) >= 11 is 0. The Balaban J connectivity index is 1.95. The monoisotopic (exact) mass is 360 g/mol. The molecular weight excluding hydrogens is 340 g/mol. The van der Waals surface area contributed by atoms with Crippen molar-refractivity contribution in [3.63, 3.8) is 0 Å². The Labute approximate surface area is 136 Å². The summed E-state index contributed by atoms with van der Waals surface area (Å²) in [6.07, 6.45) is 1.46. The number of nitrogens with zero attached hydrogens (tertiary/aromatic N) is 1. The van der Waals surface area contributed by atoms with Gasteiger partial charge in [-0.2, -0.15) is 0 Å². The first-order chi connectivity index (χ1) is 10.7. The lowest BCUT2D eigenvalue weighted by Gasteiger charge is -2.22. The van der Waals surface area contributed by atoms with Crippen LogP contribution in [0, 0.1) is 0 Å². The third kappa shape index (κ3) is 5.21. The molecule has 7 nitrogen and oxygen atoms in total. The topological polar surface area (TPSA) is 101 Å². The minimum atomic E-state index is -3.50. The lowest BCUT2D eigenvalue weighted by atomic mass is 10.2. The first-order valence-corrected chi connectivity index (χ1v) is 10.9. The Hall–Kier alpha value is -1.61. The van der Waals surface area contributed by atoms with Gasteiger partial charge in [-0.25, -0.2) is 16.8 Å². The van der Waals surface area contributed by atoms with Gasteiger partial charge in [0.25, 0.3) is 0 Å². The predicted octanol–water partition coefficient (Wildman–Crippen LogP) is 0.146. The van der Waals surface area contributed by atoms with Crippen molar-refractivity contribution >= 4 is 31.5 Å². The van der Waals surface area contributed by atoms with E-state index in [1.165, 1.54) is 0 Å². The molecule has 1 heterocycles. The zero-order valence-electron chi connectivity index (χ0n) is 12.8. The third-order valence-corrected chi connectivity index (χ3v) is 6.55. The van der Waals surface area contributed by atoms with E-state index in [9.17, 15) is 21.6 Å². The smallest absolute Gasteiger partial charge is 0.232 e. The van der Waals surface area contributed by atoms with Crippen LogP contribution >= 0.6 is 0 Å². The second kappa shape index (κ2) is 6.88. The van der Waals surface area contributed by atoms with Gasteiger partial charge in [-0.05, 0) is 18.6 Å². The Bertz CT molecular complexity index is 760. The summed E-state index contributed by atoms with van der Waals surface area (Å²) in [4.78, 5) is 11.9. The van der Waals surface area contributed by atoms with Crippen molar-refractivity contribution in [3.8, 4) is 0 Å². The molecule has 1 unspecified atom stereocenters. The number of sulfone groups is 1. The largest absolute Gasteiger partial charge is 0.352 e. The van der Waals surface area contributed by atoms with Crippen LogP contribution in [0.25, 0.3) is 0 Å². The van der Waals surface area contributed by atoms with E-state index in [1.807, 2.05) is 0 Å². The van der Waals surface area contributed by atoms with Crippen molar-refractivity contribution in [1.82, 2.24) is 5.32 Å². The second-order valence-electron chi connectivity index (χ2n) is 5.59. The van der Waals surface area contributed by atoms with Gasteiger partial charge in [-0.3, -0.25) is 9.10 Å². The Morgan fingerprint density at radius 1 is 1.30 bits per heavy atom. The van der Waals surface area contributed by atoms with Gasteiger partial charge >= 0.3 is 0 Å². The molecule has 0 aromatic heterocycles. The molecule has 0 bridgehead atoms. The molecule has 1 saturated heterocycles. The van der Waals surface area contributed by atoms with E-state index in [1.54, 1.807) is 30.3 Å². The first-order valence-electron chi connectivity index (χ1n) is 7.20. The summed E-state index contributed by atoms with van der Waals surface area (Å²) in [6.45, 7) is 0.00809. The maximum absolute atomic E-state index is 11.9. The van der Waals surface area contributed by atoms with E-state index in [2.05, 4.69) is 5.32 Å². The molecule has 1 atom stereocenters. The van der Waals surface area contributed by atoms with Crippen LogP contribution in [0.5, 0.6) is 0 Å². The zero-order chi connectivity index (χ0) is 17.1. The van der Waals surface area contributed by atoms with Gasteiger partial charge in [0.1, 0.15) is 0 Å². The van der Waals surface area contributed by atoms with Crippen LogP contribution in [0.2, 0.25) is 0 Å². The fourth-order valence-corrected chi connectivity index (χ4v) is 5.09. The van der Waals surface area contributed by atoms with Crippen molar-refractivity contribution < 1.29 is 21.6 Å². The number of hydrogen-bond acceptors (Lipinski definition) is 5. The minimum absolute atomic E-state index is 0.00809. The van der Waals surface area contributed by atoms with Crippen LogP contribution in [0.3, 0.4) is 0 Å². The molecule has 1 aliphatic heterocycles. The van der Waals surface area contributed by atoms with Crippen molar-refractivity contribution in [2.24, 2.45) is 0 Å². The Kier molecular flexibility index (Phi) is 5.30. The van der Waals surface area contributed by atoms with E-state index < -0.39 is 19.9 Å². The van der Waals surface area contributed by atoms with Gasteiger partial charge in [0.15, 0.2) is 9.84 Å². The van der Waals surface area contributed by atoms with E-state index >= 15 is 0 Å². The minimum Gasteiger partial charge on any atom is -0.352 e. The molecule has 1 aromatic rings. The van der Waals surface area contributed by atoms with Gasteiger partial charge in [0.2, 0.25) is 15.9 Å². The van der Waals surface area contributed by atoms with Crippen molar-refractivity contribution in [1.29, 1.82) is 0 Å². The molecule has 1 aromatic carbocycles. The third-order valence-electron chi connectivity index (χ3n) is 3.58. The average molecular weight is 360 g/mol. The van der Waals surface area contributed by atoms with Crippen molar-refractivity contribution in [2.45, 2.75) is 18.9 Å². The van der Waals surface area contributed by atoms with Crippen LogP contribution in [-0.2, 0) is 24.7 Å². The lowest BCUT2D eigenvalue weighted by Crippen LogP contribution is -2.39. The number of benzene rings is 1. The molecule has 2 rings (SSSR count). The molecule has 1 aliphatic rings. The van der Waals surface area contributed by atoms with Crippen LogP contribution < -0.4 is 9.62 Å². The quantitative estimate of drug-likeness (QED) is 0.778. The highest BCUT2D eigenvalue weighted by molar-refractivity contribution is 7.92.